The number of nitrogens with zero attached hydrogens (tertiary/aromatic N) is 2. The Morgan fingerprint density at radius 2 is 0.607 bits per heavy atom. The largest absolute Gasteiger partial charge is 0.311 e. The third-order valence-electron chi connectivity index (χ3n) is 10.5. The van der Waals surface area contributed by atoms with E-state index in [1.165, 1.54) is 50.2 Å². The van der Waals surface area contributed by atoms with Crippen molar-refractivity contribution < 1.29 is 0 Å². The number of hydrogen-bond acceptors (Lipinski definition) is 2. The summed E-state index contributed by atoms with van der Waals surface area (Å²) < 4.78 is 0. The van der Waals surface area contributed by atoms with Gasteiger partial charge in [-0.05, 0) is 124 Å². The van der Waals surface area contributed by atoms with E-state index in [1.807, 2.05) is 0 Å². The van der Waals surface area contributed by atoms with Crippen LogP contribution in [0.5, 0.6) is 0 Å². The first-order valence-corrected chi connectivity index (χ1v) is 19.4. The predicted molar refractivity (Wildman–Crippen MR) is 238 cm³/mol. The van der Waals surface area contributed by atoms with E-state index in [9.17, 15) is 0 Å². The van der Waals surface area contributed by atoms with Crippen LogP contribution in [0.4, 0.5) is 28.4 Å². The number of anilines is 5. The lowest BCUT2D eigenvalue weighted by Crippen LogP contribution is -2.16. The summed E-state index contributed by atoms with van der Waals surface area (Å²) in [4.78, 5) is 4.69. The van der Waals surface area contributed by atoms with Gasteiger partial charge in [-0.3, -0.25) is 0 Å². The molecule has 2 heteroatoms. The molecule has 0 bridgehead atoms. The van der Waals surface area contributed by atoms with Crippen molar-refractivity contribution in [1.82, 2.24) is 0 Å². The molecule has 0 saturated carbocycles. The molecule has 0 fully saturated rings. The van der Waals surface area contributed by atoms with Gasteiger partial charge in [0.1, 0.15) is 0 Å². The van der Waals surface area contributed by atoms with E-state index in [0.717, 1.165) is 41.3 Å². The molecule has 0 saturated heterocycles. The molecule has 0 radical (unpaired) electrons. The van der Waals surface area contributed by atoms with Crippen LogP contribution in [0.25, 0.3) is 44.5 Å². The molecule has 1 aliphatic carbocycles. The first-order chi connectivity index (χ1) is 27.8. The van der Waals surface area contributed by atoms with Gasteiger partial charge in [-0.2, -0.15) is 0 Å². The van der Waals surface area contributed by atoms with E-state index in [4.69, 9.17) is 0 Å². The first-order valence-electron chi connectivity index (χ1n) is 19.4. The van der Waals surface area contributed by atoms with E-state index in [0.29, 0.717) is 0 Å². The van der Waals surface area contributed by atoms with Gasteiger partial charge in [0.05, 0.1) is 0 Å². The van der Waals surface area contributed by atoms with Crippen LogP contribution in [-0.4, -0.2) is 0 Å². The summed E-state index contributed by atoms with van der Waals surface area (Å²) in [6, 6.07) is 76.2. The number of rotatable bonds is 10. The first kappa shape index (κ1) is 34.6. The second-order valence-corrected chi connectivity index (χ2v) is 14.1. The Morgan fingerprint density at radius 1 is 0.268 bits per heavy atom. The lowest BCUT2D eigenvalue weighted by Gasteiger charge is -2.28. The average Bonchev–Trinajstić information content (AvgIpc) is 3.29. The van der Waals surface area contributed by atoms with Gasteiger partial charge in [-0.25, -0.2) is 0 Å². The van der Waals surface area contributed by atoms with Crippen LogP contribution in [0.15, 0.2) is 236 Å². The van der Waals surface area contributed by atoms with Gasteiger partial charge in [-0.1, -0.05) is 164 Å². The van der Waals surface area contributed by atoms with Crippen molar-refractivity contribution in [2.45, 2.75) is 12.8 Å². The smallest absolute Gasteiger partial charge is 0.0462 e. The molecule has 0 atom stereocenters. The van der Waals surface area contributed by atoms with Gasteiger partial charge in [0.25, 0.3) is 0 Å². The Kier molecular flexibility index (Phi) is 9.92. The molecule has 0 amide bonds. The van der Waals surface area contributed by atoms with Gasteiger partial charge < -0.3 is 9.80 Å². The third kappa shape index (κ3) is 7.33. The molecular weight excluding hydrogens is 677 g/mol. The highest BCUT2D eigenvalue weighted by Gasteiger charge is 2.17. The normalized spacial score (nSPS) is 12.2. The fourth-order valence-corrected chi connectivity index (χ4v) is 7.67. The molecule has 8 aromatic rings. The molecule has 9 rings (SSSR count). The highest BCUT2D eigenvalue weighted by Crippen LogP contribution is 2.40. The van der Waals surface area contributed by atoms with E-state index < -0.39 is 0 Å². The second kappa shape index (κ2) is 16.1. The maximum absolute atomic E-state index is 2.37. The molecule has 0 aliphatic heterocycles. The van der Waals surface area contributed by atoms with Gasteiger partial charge in [0.2, 0.25) is 0 Å². The summed E-state index contributed by atoms with van der Waals surface area (Å²) in [5.74, 6) is 0. The van der Waals surface area contributed by atoms with Crippen molar-refractivity contribution in [2.24, 2.45) is 0 Å². The molecule has 0 heterocycles. The lowest BCUT2D eigenvalue weighted by atomic mass is 9.94. The van der Waals surface area contributed by atoms with Gasteiger partial charge in [0, 0.05) is 34.1 Å². The molecule has 2 nitrogen and oxygen atoms in total. The van der Waals surface area contributed by atoms with Crippen LogP contribution in [0.2, 0.25) is 0 Å². The predicted octanol–water partition coefficient (Wildman–Crippen LogP) is 15.2. The summed E-state index contributed by atoms with van der Waals surface area (Å²) in [6.07, 6.45) is 8.99. The molecule has 0 aromatic heterocycles. The molecule has 0 unspecified atom stereocenters. The average molecular weight is 719 g/mol. The van der Waals surface area contributed by atoms with Crippen molar-refractivity contribution in [3.63, 3.8) is 0 Å². The molecular formula is C54H42N2. The topological polar surface area (TPSA) is 6.48 Å². The fourth-order valence-electron chi connectivity index (χ4n) is 7.67. The van der Waals surface area contributed by atoms with Crippen molar-refractivity contribution in [1.29, 1.82) is 0 Å². The zero-order valence-electron chi connectivity index (χ0n) is 31.2. The van der Waals surface area contributed by atoms with Gasteiger partial charge in [-0.15, -0.1) is 0 Å². The number of benzene rings is 8. The minimum Gasteiger partial charge on any atom is -0.311 e. The van der Waals surface area contributed by atoms with Gasteiger partial charge >= 0.3 is 0 Å². The SMILES string of the molecule is C1=CC(N(c2ccc(-c3ccccc3)cc2)c2ccc(-c3ccccc3-c3ccc(N(c4ccccc4)c4ccc(-c5ccccc5)cc4)cc3)cc2)=CCC1. The standard InChI is InChI=1S/C54H42N2/c1-5-15-41(16-6-1)43-25-33-49(34-26-43)55(47-19-9-3-10-20-47)51-37-29-45(30-38-51)53-23-13-14-24-54(53)46-31-39-52(40-32-46)56(48-21-11-4-12-22-48)50-35-27-44(28-36-50)42-17-7-2-8-18-42/h1-3,5-11,13-40H,4,12H2. The molecule has 56 heavy (non-hydrogen) atoms. The molecule has 1 aliphatic rings. The Labute approximate surface area is 330 Å². The van der Waals surface area contributed by atoms with Crippen LogP contribution >= 0.6 is 0 Å². The zero-order chi connectivity index (χ0) is 37.5. The lowest BCUT2D eigenvalue weighted by molar-refractivity contribution is 0.997. The Morgan fingerprint density at radius 3 is 1.02 bits per heavy atom. The number of hydrogen-bond donors (Lipinski definition) is 0. The molecule has 268 valence electrons. The van der Waals surface area contributed by atoms with Crippen LogP contribution in [-0.2, 0) is 0 Å². The van der Waals surface area contributed by atoms with E-state index in [2.05, 4.69) is 240 Å². The van der Waals surface area contributed by atoms with Crippen LogP contribution in [0.3, 0.4) is 0 Å². The number of allylic oxidation sites excluding steroid dienone is 3. The Balaban J connectivity index is 1.01. The number of para-hydroxylation sites is 1. The summed E-state index contributed by atoms with van der Waals surface area (Å²) >= 11 is 0. The monoisotopic (exact) mass is 718 g/mol. The molecule has 0 spiro atoms. The van der Waals surface area contributed by atoms with Crippen LogP contribution in [0.1, 0.15) is 12.8 Å². The highest BCUT2D eigenvalue weighted by molar-refractivity contribution is 5.86. The van der Waals surface area contributed by atoms with E-state index in [-0.39, 0.29) is 0 Å². The minimum atomic E-state index is 1.04. The maximum Gasteiger partial charge on any atom is 0.0462 e. The summed E-state index contributed by atoms with van der Waals surface area (Å²) in [5.41, 5.74) is 16.5. The Bertz CT molecular complexity index is 2570. The van der Waals surface area contributed by atoms with Gasteiger partial charge in [0.15, 0.2) is 0 Å². The molecule has 0 N–H and O–H groups in total. The van der Waals surface area contributed by atoms with E-state index >= 15 is 0 Å². The summed E-state index contributed by atoms with van der Waals surface area (Å²) in [6.45, 7) is 0. The van der Waals surface area contributed by atoms with E-state index in [1.54, 1.807) is 0 Å². The molecule has 8 aromatic carbocycles. The van der Waals surface area contributed by atoms with Crippen molar-refractivity contribution in [2.75, 3.05) is 9.80 Å². The quantitative estimate of drug-likeness (QED) is 0.139. The third-order valence-corrected chi connectivity index (χ3v) is 10.5. The maximum atomic E-state index is 2.37. The Hall–Kier alpha value is -7.16. The van der Waals surface area contributed by atoms with Crippen molar-refractivity contribution in [3.8, 4) is 44.5 Å². The fraction of sp³-hybridized carbons (Fsp3) is 0.0370. The van der Waals surface area contributed by atoms with Crippen molar-refractivity contribution >= 4 is 28.4 Å². The van der Waals surface area contributed by atoms with Crippen LogP contribution in [0, 0.1) is 0 Å². The summed E-state index contributed by atoms with van der Waals surface area (Å²) in [7, 11) is 0. The van der Waals surface area contributed by atoms with Crippen molar-refractivity contribution in [3.05, 3.63) is 236 Å². The highest BCUT2D eigenvalue weighted by atomic mass is 15.1. The summed E-state index contributed by atoms with van der Waals surface area (Å²) in [5, 5.41) is 0. The zero-order valence-corrected chi connectivity index (χ0v) is 31.2. The van der Waals surface area contributed by atoms with Crippen LogP contribution < -0.4 is 9.80 Å². The second-order valence-electron chi connectivity index (χ2n) is 14.1. The minimum absolute atomic E-state index is 1.04.